The van der Waals surface area contributed by atoms with Gasteiger partial charge in [0.15, 0.2) is 0 Å². The Kier molecular flexibility index (Phi) is 5.25. The minimum atomic E-state index is -0.560. The minimum absolute atomic E-state index is 0.344. The highest BCUT2D eigenvalue weighted by atomic mass is 16.5. The summed E-state index contributed by atoms with van der Waals surface area (Å²) < 4.78 is 13.1. The maximum atomic E-state index is 10.6. The summed E-state index contributed by atoms with van der Waals surface area (Å²) in [4.78, 5) is 4.86. The van der Waals surface area contributed by atoms with Crippen molar-refractivity contribution in [1.82, 2.24) is 14.7 Å². The predicted octanol–water partition coefficient (Wildman–Crippen LogP) is 4.88. The van der Waals surface area contributed by atoms with Gasteiger partial charge in [0.25, 0.3) is 0 Å². The first-order valence-electron chi connectivity index (χ1n) is 10.2. The molecule has 0 radical (unpaired) electrons. The van der Waals surface area contributed by atoms with E-state index in [1.165, 1.54) is 0 Å². The zero-order valence-corrected chi connectivity index (χ0v) is 17.1. The fraction of sp³-hybridized carbons (Fsp3) is 0.545. The standard InChI is InChI=1S/C22H29N3O3/c1-5-20(26)22-23-18-12-15(21-13(2)24-28-14(21)3)6-11-19(18)25(22)16-7-9-17(27-4)10-8-16/h6,11-12,16-17,20,26H,5,7-10H2,1-4H3/t16-,17-,20?. The molecule has 4 rings (SSSR count). The van der Waals surface area contributed by atoms with Crippen LogP contribution in [0.3, 0.4) is 0 Å². The van der Waals surface area contributed by atoms with Gasteiger partial charge in [-0.05, 0) is 63.6 Å². The Bertz CT molecular complexity index is 947. The molecule has 1 atom stereocenters. The van der Waals surface area contributed by atoms with Crippen LogP contribution in [-0.4, -0.2) is 33.0 Å². The van der Waals surface area contributed by atoms with Crippen molar-refractivity contribution in [3.05, 3.63) is 35.5 Å². The van der Waals surface area contributed by atoms with Crippen molar-refractivity contribution < 1.29 is 14.4 Å². The Morgan fingerprint density at radius 3 is 2.61 bits per heavy atom. The molecule has 0 saturated heterocycles. The first kappa shape index (κ1) is 19.2. The van der Waals surface area contributed by atoms with Crippen LogP contribution in [0.2, 0.25) is 0 Å². The van der Waals surface area contributed by atoms with Crippen LogP contribution in [0.25, 0.3) is 22.2 Å². The fourth-order valence-electron chi connectivity index (χ4n) is 4.51. The normalized spacial score (nSPS) is 21.3. The second kappa shape index (κ2) is 7.68. The van der Waals surface area contributed by atoms with E-state index in [0.717, 1.165) is 65.1 Å². The lowest BCUT2D eigenvalue weighted by atomic mass is 9.92. The van der Waals surface area contributed by atoms with Crippen molar-refractivity contribution in [2.24, 2.45) is 0 Å². The van der Waals surface area contributed by atoms with Gasteiger partial charge in [0.2, 0.25) is 0 Å². The summed E-state index contributed by atoms with van der Waals surface area (Å²) in [6, 6.07) is 6.66. The minimum Gasteiger partial charge on any atom is -0.385 e. The molecule has 1 unspecified atom stereocenters. The number of hydrogen-bond acceptors (Lipinski definition) is 5. The topological polar surface area (TPSA) is 73.3 Å². The SMILES string of the molecule is CCC(O)c1nc2cc(-c3c(C)noc3C)ccc2n1[C@H]1CC[C@H](OC)CC1. The van der Waals surface area contributed by atoms with Gasteiger partial charge in [-0.2, -0.15) is 0 Å². The lowest BCUT2D eigenvalue weighted by Gasteiger charge is -2.30. The number of imidazole rings is 1. The van der Waals surface area contributed by atoms with E-state index < -0.39 is 6.10 Å². The van der Waals surface area contributed by atoms with Gasteiger partial charge < -0.3 is 18.9 Å². The van der Waals surface area contributed by atoms with Crippen molar-refractivity contribution in [2.75, 3.05) is 7.11 Å². The number of rotatable bonds is 5. The maximum absolute atomic E-state index is 10.6. The lowest BCUT2D eigenvalue weighted by molar-refractivity contribution is 0.0570. The van der Waals surface area contributed by atoms with E-state index in [1.54, 1.807) is 7.11 Å². The van der Waals surface area contributed by atoms with Gasteiger partial charge in [-0.1, -0.05) is 18.1 Å². The van der Waals surface area contributed by atoms with Crippen molar-refractivity contribution in [3.63, 3.8) is 0 Å². The van der Waals surface area contributed by atoms with Crippen molar-refractivity contribution >= 4 is 11.0 Å². The van der Waals surface area contributed by atoms with E-state index in [9.17, 15) is 5.11 Å². The van der Waals surface area contributed by atoms with E-state index in [2.05, 4.69) is 27.9 Å². The third-order valence-corrected chi connectivity index (χ3v) is 6.07. The highest BCUT2D eigenvalue weighted by Gasteiger charge is 2.28. The third kappa shape index (κ3) is 3.25. The van der Waals surface area contributed by atoms with Crippen LogP contribution in [0.15, 0.2) is 22.7 Å². The quantitative estimate of drug-likeness (QED) is 0.680. The van der Waals surface area contributed by atoms with Gasteiger partial charge >= 0.3 is 0 Å². The largest absolute Gasteiger partial charge is 0.385 e. The molecule has 1 aliphatic rings. The van der Waals surface area contributed by atoms with Crippen LogP contribution < -0.4 is 0 Å². The molecule has 1 aromatic carbocycles. The smallest absolute Gasteiger partial charge is 0.141 e. The Morgan fingerprint density at radius 1 is 1.25 bits per heavy atom. The summed E-state index contributed by atoms with van der Waals surface area (Å²) >= 11 is 0. The molecule has 0 aliphatic heterocycles. The maximum Gasteiger partial charge on any atom is 0.141 e. The summed E-state index contributed by atoms with van der Waals surface area (Å²) in [5, 5.41) is 14.7. The molecule has 2 heterocycles. The molecule has 6 nitrogen and oxygen atoms in total. The monoisotopic (exact) mass is 383 g/mol. The number of methoxy groups -OCH3 is 1. The van der Waals surface area contributed by atoms with Crippen LogP contribution in [0.1, 0.15) is 68.5 Å². The molecule has 1 N–H and O–H groups in total. The van der Waals surface area contributed by atoms with Crippen LogP contribution in [0.4, 0.5) is 0 Å². The average molecular weight is 383 g/mol. The van der Waals surface area contributed by atoms with E-state index in [1.807, 2.05) is 20.8 Å². The molecule has 1 fully saturated rings. The van der Waals surface area contributed by atoms with E-state index in [4.69, 9.17) is 14.2 Å². The van der Waals surface area contributed by atoms with Crippen LogP contribution in [0, 0.1) is 13.8 Å². The number of benzene rings is 1. The van der Waals surface area contributed by atoms with Crippen LogP contribution in [-0.2, 0) is 4.74 Å². The van der Waals surface area contributed by atoms with Crippen molar-refractivity contribution in [1.29, 1.82) is 0 Å². The molecule has 0 amide bonds. The first-order valence-corrected chi connectivity index (χ1v) is 10.2. The molecular weight excluding hydrogens is 354 g/mol. The number of nitrogens with zero attached hydrogens (tertiary/aromatic N) is 3. The molecule has 0 spiro atoms. The van der Waals surface area contributed by atoms with Gasteiger partial charge in [0.1, 0.15) is 17.7 Å². The summed E-state index contributed by atoms with van der Waals surface area (Å²) in [6.07, 6.45) is 4.59. The van der Waals surface area contributed by atoms with Gasteiger partial charge in [0, 0.05) is 18.7 Å². The second-order valence-corrected chi connectivity index (χ2v) is 7.83. The van der Waals surface area contributed by atoms with Gasteiger partial charge in [-0.3, -0.25) is 0 Å². The first-order chi connectivity index (χ1) is 13.5. The van der Waals surface area contributed by atoms with Gasteiger partial charge in [-0.15, -0.1) is 0 Å². The number of fused-ring (bicyclic) bond motifs is 1. The summed E-state index contributed by atoms with van der Waals surface area (Å²) in [5.41, 5.74) is 4.94. The Morgan fingerprint density at radius 2 is 2.00 bits per heavy atom. The molecule has 3 aromatic rings. The van der Waals surface area contributed by atoms with Gasteiger partial charge in [0.05, 0.1) is 22.8 Å². The number of hydrogen-bond donors (Lipinski definition) is 1. The summed E-state index contributed by atoms with van der Waals surface area (Å²) in [7, 11) is 1.79. The fourth-order valence-corrected chi connectivity index (χ4v) is 4.51. The number of aromatic nitrogens is 3. The molecule has 0 bridgehead atoms. The van der Waals surface area contributed by atoms with Crippen LogP contribution in [0.5, 0.6) is 0 Å². The Labute approximate surface area is 165 Å². The van der Waals surface area contributed by atoms with Crippen molar-refractivity contribution in [2.45, 2.75) is 71.1 Å². The summed E-state index contributed by atoms with van der Waals surface area (Å²) in [6.45, 7) is 5.87. The zero-order valence-electron chi connectivity index (χ0n) is 17.1. The molecule has 6 heteroatoms. The van der Waals surface area contributed by atoms with Crippen LogP contribution >= 0.6 is 0 Å². The number of ether oxygens (including phenoxy) is 1. The zero-order chi connectivity index (χ0) is 19.8. The predicted molar refractivity (Wildman–Crippen MR) is 108 cm³/mol. The molecule has 150 valence electrons. The summed E-state index contributed by atoms with van der Waals surface area (Å²) in [5.74, 6) is 1.58. The van der Waals surface area contributed by atoms with Crippen molar-refractivity contribution in [3.8, 4) is 11.1 Å². The van der Waals surface area contributed by atoms with E-state index >= 15 is 0 Å². The van der Waals surface area contributed by atoms with E-state index in [0.29, 0.717) is 18.6 Å². The Hall–Kier alpha value is -2.18. The molecule has 1 aliphatic carbocycles. The average Bonchev–Trinajstić information content (AvgIpc) is 3.26. The number of aliphatic hydroxyl groups is 1. The molecular formula is C22H29N3O3. The number of aryl methyl sites for hydroxylation is 2. The Balaban J connectivity index is 1.79. The molecule has 1 saturated carbocycles. The molecule has 28 heavy (non-hydrogen) atoms. The van der Waals surface area contributed by atoms with Gasteiger partial charge in [-0.25, -0.2) is 4.98 Å². The highest BCUT2D eigenvalue weighted by Crippen LogP contribution is 2.37. The lowest BCUT2D eigenvalue weighted by Crippen LogP contribution is -2.24. The second-order valence-electron chi connectivity index (χ2n) is 7.83. The molecule has 2 aromatic heterocycles. The highest BCUT2D eigenvalue weighted by molar-refractivity contribution is 5.83. The number of aliphatic hydroxyl groups excluding tert-OH is 1. The van der Waals surface area contributed by atoms with E-state index in [-0.39, 0.29) is 0 Å². The third-order valence-electron chi connectivity index (χ3n) is 6.07.